The predicted molar refractivity (Wildman–Crippen MR) is 64.5 cm³/mol. The molecule has 1 rings (SSSR count). The van der Waals surface area contributed by atoms with Gasteiger partial charge in [-0.1, -0.05) is 0 Å². The Bertz CT molecular complexity index is 351. The lowest BCUT2D eigenvalue weighted by Gasteiger charge is -2.21. The van der Waals surface area contributed by atoms with E-state index in [4.69, 9.17) is 5.73 Å². The highest BCUT2D eigenvalue weighted by atomic mass is 127. The summed E-state index contributed by atoms with van der Waals surface area (Å²) in [6, 6.07) is 0. The second-order valence-electron chi connectivity index (χ2n) is 2.74. The molecule has 1 heterocycles. The molecule has 0 fully saturated rings. The van der Waals surface area contributed by atoms with E-state index in [1.54, 1.807) is 0 Å². The van der Waals surface area contributed by atoms with Gasteiger partial charge in [0.25, 0.3) is 5.56 Å². The topological polar surface area (TPSA) is 75.0 Å². The Morgan fingerprint density at radius 2 is 2.43 bits per heavy atom. The molecule has 0 saturated carbocycles. The molecule has 14 heavy (non-hydrogen) atoms. The quantitative estimate of drug-likeness (QED) is 0.777. The van der Waals surface area contributed by atoms with Gasteiger partial charge in [-0.3, -0.25) is 4.79 Å². The van der Waals surface area contributed by atoms with Crippen LogP contribution in [0.3, 0.4) is 0 Å². The zero-order valence-corrected chi connectivity index (χ0v) is 10.1. The average molecular weight is 308 g/mol. The third-order valence-electron chi connectivity index (χ3n) is 1.86. The molecule has 0 aliphatic rings. The predicted octanol–water partition coefficient (Wildman–Crippen LogP) is 0.159. The molecule has 1 aromatic heterocycles. The van der Waals surface area contributed by atoms with Gasteiger partial charge in [-0.2, -0.15) is 0 Å². The second-order valence-corrected chi connectivity index (χ2v) is 3.82. The molecule has 0 aliphatic heterocycles. The minimum atomic E-state index is -0.105. The Labute approximate surface area is 95.9 Å². The van der Waals surface area contributed by atoms with Crippen molar-refractivity contribution in [1.29, 1.82) is 0 Å². The maximum absolute atomic E-state index is 11.3. The molecule has 1 aromatic rings. The summed E-state index contributed by atoms with van der Waals surface area (Å²) in [5.41, 5.74) is 5.37. The van der Waals surface area contributed by atoms with Crippen molar-refractivity contribution in [3.8, 4) is 0 Å². The van der Waals surface area contributed by atoms with E-state index in [1.165, 1.54) is 6.33 Å². The van der Waals surface area contributed by atoms with Crippen molar-refractivity contribution in [2.75, 3.05) is 24.5 Å². The molecule has 0 unspecified atom stereocenters. The number of hydrogen-bond donors (Lipinski definition) is 2. The van der Waals surface area contributed by atoms with Gasteiger partial charge in [-0.05, 0) is 29.5 Å². The molecule has 6 heteroatoms. The summed E-state index contributed by atoms with van der Waals surface area (Å²) in [6.45, 7) is 4.07. The summed E-state index contributed by atoms with van der Waals surface area (Å²) in [6.07, 6.45) is 1.42. The summed E-state index contributed by atoms with van der Waals surface area (Å²) < 4.78 is 0.611. The van der Waals surface area contributed by atoms with Gasteiger partial charge in [0, 0.05) is 19.6 Å². The Kier molecular flexibility index (Phi) is 4.33. The van der Waals surface area contributed by atoms with Crippen molar-refractivity contribution in [3.05, 3.63) is 20.3 Å². The number of likely N-dealkylation sites (N-methyl/N-ethyl adjacent to an activating group) is 1. The summed E-state index contributed by atoms with van der Waals surface area (Å²) >= 11 is 1.99. The van der Waals surface area contributed by atoms with Crippen molar-refractivity contribution in [1.82, 2.24) is 9.97 Å². The van der Waals surface area contributed by atoms with Crippen LogP contribution >= 0.6 is 22.6 Å². The largest absolute Gasteiger partial charge is 0.355 e. The van der Waals surface area contributed by atoms with E-state index < -0.39 is 0 Å². The molecule has 3 N–H and O–H groups in total. The fourth-order valence-corrected chi connectivity index (χ4v) is 1.80. The first-order valence-electron chi connectivity index (χ1n) is 4.39. The molecule has 5 nitrogen and oxygen atoms in total. The maximum Gasteiger partial charge on any atom is 0.266 e. The third-order valence-corrected chi connectivity index (χ3v) is 2.83. The first-order valence-corrected chi connectivity index (χ1v) is 5.46. The van der Waals surface area contributed by atoms with Crippen LogP contribution in [0.25, 0.3) is 0 Å². The fraction of sp³-hybridized carbons (Fsp3) is 0.500. The summed E-state index contributed by atoms with van der Waals surface area (Å²) in [5.74, 6) is 0.710. The van der Waals surface area contributed by atoms with Crippen LogP contribution in [0, 0.1) is 3.57 Å². The van der Waals surface area contributed by atoms with E-state index in [0.717, 1.165) is 6.54 Å². The van der Waals surface area contributed by atoms with Crippen LogP contribution in [-0.4, -0.2) is 29.6 Å². The van der Waals surface area contributed by atoms with Crippen LogP contribution < -0.4 is 16.2 Å². The van der Waals surface area contributed by atoms with Gasteiger partial charge in [0.1, 0.15) is 9.39 Å². The second kappa shape index (κ2) is 5.30. The van der Waals surface area contributed by atoms with Crippen LogP contribution in [-0.2, 0) is 0 Å². The van der Waals surface area contributed by atoms with Gasteiger partial charge in [0.2, 0.25) is 0 Å². The Balaban J connectivity index is 3.03. The molecular weight excluding hydrogens is 295 g/mol. The molecule has 0 atom stereocenters. The number of nitrogens with two attached hydrogens (primary N) is 1. The van der Waals surface area contributed by atoms with Gasteiger partial charge in [0.15, 0.2) is 0 Å². The van der Waals surface area contributed by atoms with E-state index in [0.29, 0.717) is 22.5 Å². The lowest BCUT2D eigenvalue weighted by atomic mass is 10.4. The molecule has 0 radical (unpaired) electrons. The summed E-state index contributed by atoms with van der Waals surface area (Å²) in [5, 5.41) is 0. The van der Waals surface area contributed by atoms with Crippen molar-refractivity contribution < 1.29 is 0 Å². The molecular formula is C8H13IN4O. The van der Waals surface area contributed by atoms with Crippen LogP contribution in [0.1, 0.15) is 6.92 Å². The van der Waals surface area contributed by atoms with Crippen molar-refractivity contribution >= 4 is 28.4 Å². The van der Waals surface area contributed by atoms with Crippen LogP contribution in [0.5, 0.6) is 0 Å². The van der Waals surface area contributed by atoms with E-state index >= 15 is 0 Å². The third kappa shape index (κ3) is 2.44. The summed E-state index contributed by atoms with van der Waals surface area (Å²) in [7, 11) is 0. The number of rotatable bonds is 4. The molecule has 78 valence electrons. The number of nitrogens with one attached hydrogen (secondary N) is 1. The molecule has 0 saturated heterocycles. The van der Waals surface area contributed by atoms with E-state index in [1.807, 2.05) is 34.4 Å². The Hall–Kier alpha value is -0.630. The minimum Gasteiger partial charge on any atom is -0.355 e. The van der Waals surface area contributed by atoms with Gasteiger partial charge >= 0.3 is 0 Å². The lowest BCUT2D eigenvalue weighted by Crippen LogP contribution is -2.32. The number of anilines is 1. The van der Waals surface area contributed by atoms with Crippen LogP contribution in [0.2, 0.25) is 0 Å². The minimum absolute atomic E-state index is 0.105. The van der Waals surface area contributed by atoms with E-state index in [-0.39, 0.29) is 5.56 Å². The highest BCUT2D eigenvalue weighted by Crippen LogP contribution is 2.14. The number of nitrogens with zero attached hydrogens (tertiary/aromatic N) is 2. The fourth-order valence-electron chi connectivity index (χ4n) is 1.16. The van der Waals surface area contributed by atoms with Crippen LogP contribution in [0.4, 0.5) is 5.82 Å². The zero-order chi connectivity index (χ0) is 10.6. The SMILES string of the molecule is CCN(CCN)c1nc[nH]c(=O)c1I. The average Bonchev–Trinajstić information content (AvgIpc) is 2.19. The number of hydrogen-bond acceptors (Lipinski definition) is 4. The molecule has 0 bridgehead atoms. The van der Waals surface area contributed by atoms with Gasteiger partial charge in [-0.25, -0.2) is 4.98 Å². The molecule has 0 amide bonds. The first kappa shape index (κ1) is 11.4. The van der Waals surface area contributed by atoms with Crippen molar-refractivity contribution in [3.63, 3.8) is 0 Å². The smallest absolute Gasteiger partial charge is 0.266 e. The zero-order valence-electron chi connectivity index (χ0n) is 7.96. The monoisotopic (exact) mass is 308 g/mol. The maximum atomic E-state index is 11.3. The van der Waals surface area contributed by atoms with Gasteiger partial charge < -0.3 is 15.6 Å². The Morgan fingerprint density at radius 1 is 1.71 bits per heavy atom. The normalized spacial score (nSPS) is 10.2. The van der Waals surface area contributed by atoms with E-state index in [9.17, 15) is 4.79 Å². The highest BCUT2D eigenvalue weighted by molar-refractivity contribution is 14.1. The summed E-state index contributed by atoms with van der Waals surface area (Å²) in [4.78, 5) is 20.0. The number of H-pyrrole nitrogens is 1. The number of halogens is 1. The molecule has 0 aliphatic carbocycles. The number of aromatic amines is 1. The first-order chi connectivity index (χ1) is 6.70. The molecule has 0 aromatic carbocycles. The van der Waals surface area contributed by atoms with Crippen molar-refractivity contribution in [2.45, 2.75) is 6.92 Å². The lowest BCUT2D eigenvalue weighted by molar-refractivity contribution is 0.793. The van der Waals surface area contributed by atoms with Gasteiger partial charge in [0.05, 0.1) is 6.33 Å². The number of aromatic nitrogens is 2. The Morgan fingerprint density at radius 3 is 3.00 bits per heavy atom. The van der Waals surface area contributed by atoms with Crippen molar-refractivity contribution in [2.24, 2.45) is 5.73 Å². The standard InChI is InChI=1S/C8H13IN4O/c1-2-13(4-3-10)7-6(9)8(14)12-5-11-7/h5H,2-4,10H2,1H3,(H,11,12,14). The molecule has 0 spiro atoms. The highest BCUT2D eigenvalue weighted by Gasteiger charge is 2.10. The van der Waals surface area contributed by atoms with Crippen LogP contribution in [0.15, 0.2) is 11.1 Å². The van der Waals surface area contributed by atoms with E-state index in [2.05, 4.69) is 9.97 Å². The van der Waals surface area contributed by atoms with Gasteiger partial charge in [-0.15, -0.1) is 0 Å².